The summed E-state index contributed by atoms with van der Waals surface area (Å²) in [6.45, 7) is 7.58. The van der Waals surface area contributed by atoms with E-state index < -0.39 is 29.5 Å². The minimum atomic E-state index is -1.02. The van der Waals surface area contributed by atoms with Crippen molar-refractivity contribution in [2.75, 3.05) is 6.54 Å². The van der Waals surface area contributed by atoms with Crippen LogP contribution in [0, 0.1) is 11.8 Å². The zero-order valence-corrected chi connectivity index (χ0v) is 21.6. The molecule has 8 nitrogen and oxygen atoms in total. The van der Waals surface area contributed by atoms with Gasteiger partial charge in [0.2, 0.25) is 11.6 Å². The smallest absolute Gasteiger partial charge is 0.305 e. The molecule has 2 rings (SSSR count). The minimum Gasteiger partial charge on any atom is -0.481 e. The Morgan fingerprint density at radius 2 is 1.89 bits per heavy atom. The number of aliphatic hydroxyl groups is 1. The molecule has 1 aliphatic heterocycles. The standard InChI is InChI=1S/C28H38N2O6/c1-17-8-6-5-7-9-19(3)28(36)30-22-16-24(32)26(29-13-12-25(33)34)21(27(22)35)15-18(2)10-11-23(31)20(4)14-17/h5,7,9,14,16,18,20,23,29,31H,6,8,10-13,15H2,1-4H3,(H,30,36)(H,33,34)/b7-5-,17-14+,19-9+. The number of amides is 1. The number of hydrogen-bond acceptors (Lipinski definition) is 6. The van der Waals surface area contributed by atoms with Gasteiger partial charge in [0.25, 0.3) is 5.91 Å². The largest absolute Gasteiger partial charge is 0.481 e. The van der Waals surface area contributed by atoms with Crippen LogP contribution in [0.3, 0.4) is 0 Å². The molecule has 0 saturated heterocycles. The van der Waals surface area contributed by atoms with Gasteiger partial charge < -0.3 is 20.8 Å². The van der Waals surface area contributed by atoms with E-state index in [-0.39, 0.29) is 48.2 Å². The molecule has 3 unspecified atom stereocenters. The highest BCUT2D eigenvalue weighted by atomic mass is 16.4. The molecular weight excluding hydrogens is 460 g/mol. The molecule has 3 atom stereocenters. The Morgan fingerprint density at radius 1 is 1.17 bits per heavy atom. The van der Waals surface area contributed by atoms with Crippen molar-refractivity contribution in [1.29, 1.82) is 0 Å². The Morgan fingerprint density at radius 3 is 2.58 bits per heavy atom. The molecule has 196 valence electrons. The number of aliphatic hydroxyl groups excluding tert-OH is 1. The number of carbonyl (C=O) groups excluding carboxylic acids is 3. The molecule has 1 heterocycles. The zero-order valence-electron chi connectivity index (χ0n) is 21.6. The lowest BCUT2D eigenvalue weighted by Gasteiger charge is -2.24. The summed E-state index contributed by atoms with van der Waals surface area (Å²) in [6.07, 6.45) is 10.9. The lowest BCUT2D eigenvalue weighted by molar-refractivity contribution is -0.137. The fraction of sp³-hybridized carbons (Fsp3) is 0.500. The van der Waals surface area contributed by atoms with Gasteiger partial charge in [-0.2, -0.15) is 0 Å². The van der Waals surface area contributed by atoms with E-state index in [0.717, 1.165) is 18.9 Å². The number of nitrogens with one attached hydrogen (secondary N) is 2. The van der Waals surface area contributed by atoms with Crippen molar-refractivity contribution < 1.29 is 29.4 Å². The number of carboxylic acids is 1. The van der Waals surface area contributed by atoms with Gasteiger partial charge in [0.15, 0.2) is 0 Å². The van der Waals surface area contributed by atoms with Crippen LogP contribution in [-0.4, -0.2) is 46.3 Å². The summed E-state index contributed by atoms with van der Waals surface area (Å²) in [5.74, 6) is -2.52. The van der Waals surface area contributed by atoms with Crippen molar-refractivity contribution in [3.8, 4) is 0 Å². The highest BCUT2D eigenvalue weighted by molar-refractivity contribution is 6.23. The second kappa shape index (κ2) is 13.7. The van der Waals surface area contributed by atoms with Gasteiger partial charge in [-0.3, -0.25) is 19.2 Å². The van der Waals surface area contributed by atoms with Gasteiger partial charge in [-0.25, -0.2) is 0 Å². The number of fused-ring (bicyclic) bond motifs is 2. The fourth-order valence-corrected chi connectivity index (χ4v) is 4.20. The Balaban J connectivity index is 2.38. The van der Waals surface area contributed by atoms with Crippen molar-refractivity contribution >= 4 is 23.4 Å². The third kappa shape index (κ3) is 8.75. The number of ketones is 2. The molecule has 0 fully saturated rings. The normalized spacial score (nSPS) is 28.9. The molecule has 1 amide bonds. The van der Waals surface area contributed by atoms with E-state index >= 15 is 0 Å². The van der Waals surface area contributed by atoms with Crippen LogP contribution < -0.4 is 10.6 Å². The van der Waals surface area contributed by atoms with Crippen LogP contribution in [0.15, 0.2) is 58.5 Å². The third-order valence-electron chi connectivity index (χ3n) is 6.44. The predicted octanol–water partition coefficient (Wildman–Crippen LogP) is 3.50. The maximum absolute atomic E-state index is 13.3. The molecule has 2 aliphatic rings. The van der Waals surface area contributed by atoms with Gasteiger partial charge >= 0.3 is 5.97 Å². The summed E-state index contributed by atoms with van der Waals surface area (Å²) in [7, 11) is 0. The van der Waals surface area contributed by atoms with Crippen molar-refractivity contribution in [3.63, 3.8) is 0 Å². The van der Waals surface area contributed by atoms with E-state index in [1.807, 2.05) is 26.8 Å². The highest BCUT2D eigenvalue weighted by Gasteiger charge is 2.31. The lowest BCUT2D eigenvalue weighted by Crippen LogP contribution is -2.36. The predicted molar refractivity (Wildman–Crippen MR) is 138 cm³/mol. The molecule has 0 aromatic heterocycles. The van der Waals surface area contributed by atoms with Gasteiger partial charge in [-0.1, -0.05) is 43.7 Å². The Hall–Kier alpha value is -3.26. The quantitative estimate of drug-likeness (QED) is 0.344. The molecule has 0 radical (unpaired) electrons. The van der Waals surface area contributed by atoms with Crippen molar-refractivity contribution in [2.24, 2.45) is 11.8 Å². The SMILES string of the molecule is C/C1=C\C(C)C(O)CCC(C)CC2=C(NCCC(=O)O)C(=O)C=C(NC(=O)/C(C)=C/C=C\CC1)C2=O. The Labute approximate surface area is 212 Å². The zero-order chi connectivity index (χ0) is 26.8. The summed E-state index contributed by atoms with van der Waals surface area (Å²) >= 11 is 0. The van der Waals surface area contributed by atoms with Crippen LogP contribution in [0.25, 0.3) is 0 Å². The van der Waals surface area contributed by atoms with Gasteiger partial charge in [0.05, 0.1) is 23.9 Å². The van der Waals surface area contributed by atoms with Gasteiger partial charge in [0.1, 0.15) is 0 Å². The average molecular weight is 499 g/mol. The van der Waals surface area contributed by atoms with Crippen LogP contribution in [-0.2, 0) is 19.2 Å². The molecule has 0 aromatic carbocycles. The third-order valence-corrected chi connectivity index (χ3v) is 6.44. The first-order chi connectivity index (χ1) is 17.0. The molecule has 0 spiro atoms. The Kier molecular flexibility index (Phi) is 11.0. The van der Waals surface area contributed by atoms with E-state index in [4.69, 9.17) is 5.11 Å². The lowest BCUT2D eigenvalue weighted by atomic mass is 9.86. The molecular formula is C28H38N2O6. The van der Waals surface area contributed by atoms with E-state index in [1.54, 1.807) is 19.1 Å². The molecule has 2 bridgehead atoms. The van der Waals surface area contributed by atoms with Crippen LogP contribution >= 0.6 is 0 Å². The number of Topliss-reactive ketones (excluding diaryl/α,β-unsaturated/α-hetero) is 1. The summed E-state index contributed by atoms with van der Waals surface area (Å²) in [5, 5.41) is 25.0. The molecule has 0 saturated carbocycles. The maximum Gasteiger partial charge on any atom is 0.305 e. The van der Waals surface area contributed by atoms with Crippen LogP contribution in [0.4, 0.5) is 0 Å². The van der Waals surface area contributed by atoms with Gasteiger partial charge in [0, 0.05) is 29.7 Å². The minimum absolute atomic E-state index is 0.00675. The molecule has 36 heavy (non-hydrogen) atoms. The number of carbonyl (C=O) groups is 4. The van der Waals surface area contributed by atoms with Gasteiger partial charge in [-0.05, 0) is 51.9 Å². The van der Waals surface area contributed by atoms with Crippen molar-refractivity contribution in [3.05, 3.63) is 58.5 Å². The summed E-state index contributed by atoms with van der Waals surface area (Å²) in [5.41, 5.74) is 1.76. The van der Waals surface area contributed by atoms with Crippen LogP contribution in [0.5, 0.6) is 0 Å². The number of aliphatic carboxylic acids is 1. The second-order valence-electron chi connectivity index (χ2n) is 9.77. The van der Waals surface area contributed by atoms with E-state index in [0.29, 0.717) is 18.4 Å². The number of allylic oxidation sites excluding steroid dienone is 6. The summed E-state index contributed by atoms with van der Waals surface area (Å²) < 4.78 is 0. The van der Waals surface area contributed by atoms with Crippen molar-refractivity contribution in [1.82, 2.24) is 10.6 Å². The van der Waals surface area contributed by atoms with Gasteiger partial charge in [-0.15, -0.1) is 0 Å². The first-order valence-electron chi connectivity index (χ1n) is 12.5. The van der Waals surface area contributed by atoms with E-state index in [1.165, 1.54) is 5.57 Å². The maximum atomic E-state index is 13.3. The highest BCUT2D eigenvalue weighted by Crippen LogP contribution is 2.27. The number of carboxylic acid groups (broad SMARTS) is 1. The second-order valence-corrected chi connectivity index (χ2v) is 9.77. The fourth-order valence-electron chi connectivity index (χ4n) is 4.20. The first-order valence-corrected chi connectivity index (χ1v) is 12.5. The van der Waals surface area contributed by atoms with E-state index in [9.17, 15) is 24.3 Å². The first kappa shape index (κ1) is 29.0. The summed E-state index contributed by atoms with van der Waals surface area (Å²) in [4.78, 5) is 49.8. The van der Waals surface area contributed by atoms with Crippen LogP contribution in [0.1, 0.15) is 66.2 Å². The molecule has 0 aromatic rings. The average Bonchev–Trinajstić information content (AvgIpc) is 2.81. The van der Waals surface area contributed by atoms with Crippen LogP contribution in [0.2, 0.25) is 0 Å². The topological polar surface area (TPSA) is 133 Å². The molecule has 4 N–H and O–H groups in total. The van der Waals surface area contributed by atoms with E-state index in [2.05, 4.69) is 16.7 Å². The van der Waals surface area contributed by atoms with Crippen molar-refractivity contribution in [2.45, 2.75) is 72.3 Å². The Bertz CT molecular complexity index is 1030. The molecule has 1 aliphatic carbocycles. The number of hydrogen-bond donors (Lipinski definition) is 4. The number of rotatable bonds is 4. The summed E-state index contributed by atoms with van der Waals surface area (Å²) in [6, 6.07) is 0. The monoisotopic (exact) mass is 498 g/mol. The molecule has 8 heteroatoms.